The zero-order valence-electron chi connectivity index (χ0n) is 8.57. The van der Waals surface area contributed by atoms with Gasteiger partial charge in [-0.25, -0.2) is 9.18 Å². The minimum absolute atomic E-state index is 0.246. The SMILES string of the molecule is CC(C)(F)c1ccc(C(O)C(=O)O)cc1. The smallest absolute Gasteiger partial charge is 0.337 e. The van der Waals surface area contributed by atoms with Gasteiger partial charge in [0.05, 0.1) is 0 Å². The first-order valence-electron chi connectivity index (χ1n) is 4.52. The Morgan fingerprint density at radius 1 is 1.33 bits per heavy atom. The highest BCUT2D eigenvalue weighted by atomic mass is 19.1. The number of halogens is 1. The fourth-order valence-electron chi connectivity index (χ4n) is 1.20. The lowest BCUT2D eigenvalue weighted by Gasteiger charge is -2.15. The number of carbonyl (C=O) groups is 1. The largest absolute Gasteiger partial charge is 0.479 e. The van der Waals surface area contributed by atoms with Gasteiger partial charge in [-0.3, -0.25) is 0 Å². The third-order valence-corrected chi connectivity index (χ3v) is 2.15. The van der Waals surface area contributed by atoms with Crippen LogP contribution in [0.4, 0.5) is 4.39 Å². The van der Waals surface area contributed by atoms with E-state index in [1.54, 1.807) is 0 Å². The molecule has 0 aliphatic rings. The maximum Gasteiger partial charge on any atom is 0.337 e. The van der Waals surface area contributed by atoms with Gasteiger partial charge in [0.25, 0.3) is 0 Å². The molecule has 0 aliphatic carbocycles. The molecule has 1 aromatic carbocycles. The Morgan fingerprint density at radius 3 is 2.13 bits per heavy atom. The van der Waals surface area contributed by atoms with E-state index >= 15 is 0 Å². The summed E-state index contributed by atoms with van der Waals surface area (Å²) in [6.45, 7) is 2.82. The number of rotatable bonds is 3. The van der Waals surface area contributed by atoms with Crippen molar-refractivity contribution in [3.63, 3.8) is 0 Å². The molecule has 0 saturated carbocycles. The third-order valence-electron chi connectivity index (χ3n) is 2.15. The maximum atomic E-state index is 13.4. The van der Waals surface area contributed by atoms with Crippen LogP contribution < -0.4 is 0 Å². The number of alkyl halides is 1. The summed E-state index contributed by atoms with van der Waals surface area (Å²) < 4.78 is 13.4. The molecule has 1 aromatic rings. The molecule has 3 nitrogen and oxygen atoms in total. The van der Waals surface area contributed by atoms with E-state index in [1.165, 1.54) is 38.1 Å². The van der Waals surface area contributed by atoms with E-state index < -0.39 is 17.7 Å². The molecule has 0 radical (unpaired) electrons. The summed E-state index contributed by atoms with van der Waals surface area (Å²) in [7, 11) is 0. The number of hydrogen-bond donors (Lipinski definition) is 2. The summed E-state index contributed by atoms with van der Waals surface area (Å²) in [4.78, 5) is 10.5. The molecule has 2 N–H and O–H groups in total. The molecule has 0 saturated heterocycles. The van der Waals surface area contributed by atoms with Gasteiger partial charge in [0, 0.05) is 0 Å². The van der Waals surface area contributed by atoms with Crippen molar-refractivity contribution in [2.24, 2.45) is 0 Å². The van der Waals surface area contributed by atoms with E-state index in [0.717, 1.165) is 0 Å². The first-order valence-corrected chi connectivity index (χ1v) is 4.52. The molecule has 0 heterocycles. The predicted molar refractivity (Wildman–Crippen MR) is 53.2 cm³/mol. The average molecular weight is 212 g/mol. The molecule has 0 spiro atoms. The first-order chi connectivity index (χ1) is 6.82. The highest BCUT2D eigenvalue weighted by molar-refractivity contribution is 5.73. The Balaban J connectivity index is 2.95. The Kier molecular flexibility index (Phi) is 3.09. The minimum atomic E-state index is -1.55. The van der Waals surface area contributed by atoms with Gasteiger partial charge in [-0.15, -0.1) is 0 Å². The lowest BCUT2D eigenvalue weighted by atomic mass is 9.98. The van der Waals surface area contributed by atoms with Crippen LogP contribution in [0.25, 0.3) is 0 Å². The summed E-state index contributed by atoms with van der Waals surface area (Å²) >= 11 is 0. The molecule has 1 rings (SSSR count). The molecule has 4 heteroatoms. The Bertz CT molecular complexity index is 351. The minimum Gasteiger partial charge on any atom is -0.479 e. The molecule has 1 unspecified atom stereocenters. The van der Waals surface area contributed by atoms with Gasteiger partial charge >= 0.3 is 5.97 Å². The van der Waals surface area contributed by atoms with E-state index in [0.29, 0.717) is 5.56 Å². The van der Waals surface area contributed by atoms with Crippen molar-refractivity contribution in [2.45, 2.75) is 25.6 Å². The summed E-state index contributed by atoms with van der Waals surface area (Å²) in [5.41, 5.74) is -0.772. The second-order valence-electron chi connectivity index (χ2n) is 3.84. The van der Waals surface area contributed by atoms with Crippen molar-refractivity contribution in [3.8, 4) is 0 Å². The van der Waals surface area contributed by atoms with Gasteiger partial charge in [0.15, 0.2) is 6.10 Å². The molecule has 0 aromatic heterocycles. The second-order valence-corrected chi connectivity index (χ2v) is 3.84. The third kappa shape index (κ3) is 2.76. The molecule has 82 valence electrons. The fourth-order valence-corrected chi connectivity index (χ4v) is 1.20. The van der Waals surface area contributed by atoms with Gasteiger partial charge in [0.1, 0.15) is 5.67 Å². The number of carboxylic acid groups (broad SMARTS) is 1. The second kappa shape index (κ2) is 3.98. The quantitative estimate of drug-likeness (QED) is 0.805. The average Bonchev–Trinajstić information content (AvgIpc) is 2.15. The molecule has 0 fully saturated rings. The van der Waals surface area contributed by atoms with Crippen LogP contribution >= 0.6 is 0 Å². The van der Waals surface area contributed by atoms with Crippen LogP contribution in [0, 0.1) is 0 Å². The lowest BCUT2D eigenvalue weighted by molar-refractivity contribution is -0.146. The molecule has 15 heavy (non-hydrogen) atoms. The highest BCUT2D eigenvalue weighted by Gasteiger charge is 2.20. The van der Waals surface area contributed by atoms with E-state index in [1.807, 2.05) is 0 Å². The van der Waals surface area contributed by atoms with Crippen molar-refractivity contribution >= 4 is 5.97 Å². The molecular weight excluding hydrogens is 199 g/mol. The standard InChI is InChI=1S/C11H13FO3/c1-11(2,12)8-5-3-7(4-6-8)9(13)10(14)15/h3-6,9,13H,1-2H3,(H,14,15). The van der Waals surface area contributed by atoms with Gasteiger partial charge in [0.2, 0.25) is 0 Å². The van der Waals surface area contributed by atoms with Crippen molar-refractivity contribution in [3.05, 3.63) is 35.4 Å². The summed E-state index contributed by atoms with van der Waals surface area (Å²) in [5, 5.41) is 17.7. The zero-order chi connectivity index (χ0) is 11.6. The van der Waals surface area contributed by atoms with Crippen molar-refractivity contribution in [1.82, 2.24) is 0 Å². The van der Waals surface area contributed by atoms with Gasteiger partial charge in [-0.1, -0.05) is 24.3 Å². The van der Waals surface area contributed by atoms with Gasteiger partial charge < -0.3 is 10.2 Å². The van der Waals surface area contributed by atoms with Crippen molar-refractivity contribution in [1.29, 1.82) is 0 Å². The molecule has 0 amide bonds. The summed E-state index contributed by atoms with van der Waals surface area (Å²) in [6.07, 6.45) is -1.55. The number of hydrogen-bond acceptors (Lipinski definition) is 2. The van der Waals surface area contributed by atoms with Crippen molar-refractivity contribution in [2.75, 3.05) is 0 Å². The van der Waals surface area contributed by atoms with Crippen LogP contribution in [0.5, 0.6) is 0 Å². The van der Waals surface area contributed by atoms with Crippen molar-refractivity contribution < 1.29 is 19.4 Å². The number of benzene rings is 1. The molecule has 1 atom stereocenters. The van der Waals surface area contributed by atoms with E-state index in [-0.39, 0.29) is 5.56 Å². The van der Waals surface area contributed by atoms with Gasteiger partial charge in [-0.05, 0) is 25.0 Å². The topological polar surface area (TPSA) is 57.5 Å². The summed E-state index contributed by atoms with van der Waals surface area (Å²) in [6, 6.07) is 5.77. The summed E-state index contributed by atoms with van der Waals surface area (Å²) in [5.74, 6) is -1.32. The predicted octanol–water partition coefficient (Wildman–Crippen LogP) is 2.01. The van der Waals surface area contributed by atoms with E-state index in [2.05, 4.69) is 0 Å². The maximum absolute atomic E-state index is 13.4. The van der Waals surface area contributed by atoms with Crippen LogP contribution in [0.15, 0.2) is 24.3 Å². The van der Waals surface area contributed by atoms with Crippen LogP contribution in [0.2, 0.25) is 0 Å². The first kappa shape index (κ1) is 11.7. The Hall–Kier alpha value is -1.42. The lowest BCUT2D eigenvalue weighted by Crippen LogP contribution is -2.12. The number of carboxylic acids is 1. The van der Waals surface area contributed by atoms with Crippen LogP contribution in [-0.2, 0) is 10.5 Å². The normalized spacial score (nSPS) is 13.6. The van der Waals surface area contributed by atoms with E-state index in [9.17, 15) is 14.3 Å². The monoisotopic (exact) mass is 212 g/mol. The van der Waals surface area contributed by atoms with E-state index in [4.69, 9.17) is 5.11 Å². The number of aliphatic carboxylic acids is 1. The van der Waals surface area contributed by atoms with Crippen LogP contribution in [0.1, 0.15) is 31.1 Å². The number of aliphatic hydroxyl groups excluding tert-OH is 1. The number of aliphatic hydroxyl groups is 1. The molecular formula is C11H13FO3. The van der Waals surface area contributed by atoms with Gasteiger partial charge in [-0.2, -0.15) is 0 Å². The zero-order valence-corrected chi connectivity index (χ0v) is 8.57. The molecule has 0 aliphatic heterocycles. The highest BCUT2D eigenvalue weighted by Crippen LogP contribution is 2.25. The van der Waals surface area contributed by atoms with Crippen LogP contribution in [0.3, 0.4) is 0 Å². The fraction of sp³-hybridized carbons (Fsp3) is 0.364. The Labute approximate surface area is 87.2 Å². The van der Waals surface area contributed by atoms with Crippen LogP contribution in [-0.4, -0.2) is 16.2 Å². The Morgan fingerprint density at radius 2 is 1.80 bits per heavy atom. The molecule has 0 bridgehead atoms.